The summed E-state index contributed by atoms with van der Waals surface area (Å²) >= 11 is 5.30. The average Bonchev–Trinajstić information content (AvgIpc) is 2.64. The van der Waals surface area contributed by atoms with Gasteiger partial charge in [0.25, 0.3) is 0 Å². The number of thiophene rings is 1. The molecule has 1 aliphatic rings. The van der Waals surface area contributed by atoms with Crippen molar-refractivity contribution in [3.63, 3.8) is 0 Å². The van der Waals surface area contributed by atoms with Crippen molar-refractivity contribution < 1.29 is 5.11 Å². The SMILES string of the molecule is OC1CCN(CCc2ccc(Br)s2)CC1. The number of hydrogen-bond acceptors (Lipinski definition) is 3. The van der Waals surface area contributed by atoms with Crippen molar-refractivity contribution in [3.8, 4) is 0 Å². The lowest BCUT2D eigenvalue weighted by Crippen LogP contribution is -2.36. The topological polar surface area (TPSA) is 23.5 Å². The van der Waals surface area contributed by atoms with Crippen molar-refractivity contribution in [3.05, 3.63) is 20.8 Å². The Labute approximate surface area is 103 Å². The van der Waals surface area contributed by atoms with Gasteiger partial charge in [-0.1, -0.05) is 0 Å². The van der Waals surface area contributed by atoms with E-state index in [0.717, 1.165) is 38.9 Å². The van der Waals surface area contributed by atoms with E-state index in [1.807, 2.05) is 11.3 Å². The minimum absolute atomic E-state index is 0.0582. The maximum Gasteiger partial charge on any atom is 0.0701 e. The summed E-state index contributed by atoms with van der Waals surface area (Å²) in [6.45, 7) is 3.22. The normalized spacial score (nSPS) is 19.6. The van der Waals surface area contributed by atoms with Crippen LogP contribution in [-0.2, 0) is 6.42 Å². The van der Waals surface area contributed by atoms with Gasteiger partial charge in [-0.3, -0.25) is 0 Å². The molecule has 84 valence electrons. The minimum Gasteiger partial charge on any atom is -0.393 e. The number of aliphatic hydroxyl groups excluding tert-OH is 1. The van der Waals surface area contributed by atoms with Crippen molar-refractivity contribution >= 4 is 27.3 Å². The molecule has 2 rings (SSSR count). The summed E-state index contributed by atoms with van der Waals surface area (Å²) in [5, 5.41) is 9.38. The molecule has 0 aliphatic carbocycles. The molecule has 1 aliphatic heterocycles. The fraction of sp³-hybridized carbons (Fsp3) is 0.636. The van der Waals surface area contributed by atoms with E-state index in [1.54, 1.807) is 0 Å². The van der Waals surface area contributed by atoms with Crippen molar-refractivity contribution in [2.24, 2.45) is 0 Å². The van der Waals surface area contributed by atoms with Gasteiger partial charge >= 0.3 is 0 Å². The Morgan fingerprint density at radius 3 is 2.73 bits per heavy atom. The predicted octanol–water partition coefficient (Wildman–Crippen LogP) is 2.51. The maximum absolute atomic E-state index is 9.38. The summed E-state index contributed by atoms with van der Waals surface area (Å²) in [7, 11) is 0. The lowest BCUT2D eigenvalue weighted by molar-refractivity contribution is 0.0833. The summed E-state index contributed by atoms with van der Waals surface area (Å²) in [4.78, 5) is 3.88. The monoisotopic (exact) mass is 289 g/mol. The van der Waals surface area contributed by atoms with Gasteiger partial charge in [0, 0.05) is 24.5 Å². The zero-order chi connectivity index (χ0) is 10.7. The van der Waals surface area contributed by atoms with Gasteiger partial charge in [-0.25, -0.2) is 0 Å². The van der Waals surface area contributed by atoms with Crippen molar-refractivity contribution in [2.45, 2.75) is 25.4 Å². The number of hydrogen-bond donors (Lipinski definition) is 1. The second kappa shape index (κ2) is 5.43. The standard InChI is InChI=1S/C11H16BrNOS/c12-11-2-1-10(15-11)5-8-13-6-3-9(14)4-7-13/h1-2,9,14H,3-8H2. The first kappa shape index (κ1) is 11.6. The molecule has 2 nitrogen and oxygen atoms in total. The summed E-state index contributed by atoms with van der Waals surface area (Å²) in [5.74, 6) is 0. The molecule has 0 radical (unpaired) electrons. The van der Waals surface area contributed by atoms with Gasteiger partial charge in [-0.05, 0) is 47.3 Å². The molecule has 0 bridgehead atoms. The molecular weight excluding hydrogens is 274 g/mol. The zero-order valence-corrected chi connectivity index (χ0v) is 11.1. The van der Waals surface area contributed by atoms with Crippen LogP contribution in [0.2, 0.25) is 0 Å². The zero-order valence-electron chi connectivity index (χ0n) is 8.66. The lowest BCUT2D eigenvalue weighted by Gasteiger charge is -2.29. The number of aliphatic hydroxyl groups is 1. The molecule has 1 N–H and O–H groups in total. The maximum atomic E-state index is 9.38. The van der Waals surface area contributed by atoms with Crippen LogP contribution < -0.4 is 0 Å². The Balaban J connectivity index is 1.74. The van der Waals surface area contributed by atoms with E-state index in [2.05, 4.69) is 33.0 Å². The average molecular weight is 290 g/mol. The van der Waals surface area contributed by atoms with Gasteiger partial charge < -0.3 is 10.0 Å². The summed E-state index contributed by atoms with van der Waals surface area (Å²) in [5.41, 5.74) is 0. The van der Waals surface area contributed by atoms with Gasteiger partial charge in [0.05, 0.1) is 9.89 Å². The Hall–Kier alpha value is 0.1000. The van der Waals surface area contributed by atoms with E-state index in [0.29, 0.717) is 0 Å². The molecule has 1 saturated heterocycles. The predicted molar refractivity (Wildman–Crippen MR) is 67.4 cm³/mol. The Bertz CT molecular complexity index is 307. The molecular formula is C11H16BrNOS. The molecule has 0 atom stereocenters. The highest BCUT2D eigenvalue weighted by Gasteiger charge is 2.16. The van der Waals surface area contributed by atoms with Crippen LogP contribution in [0.3, 0.4) is 0 Å². The van der Waals surface area contributed by atoms with Crippen LogP contribution in [0.25, 0.3) is 0 Å². The molecule has 2 heterocycles. The van der Waals surface area contributed by atoms with E-state index < -0.39 is 0 Å². The molecule has 0 unspecified atom stereocenters. The van der Waals surface area contributed by atoms with Gasteiger partial charge in [-0.2, -0.15) is 0 Å². The Kier molecular flexibility index (Phi) is 4.20. The number of piperidine rings is 1. The molecule has 0 saturated carbocycles. The summed E-state index contributed by atoms with van der Waals surface area (Å²) < 4.78 is 1.21. The first-order chi connectivity index (χ1) is 7.24. The third-order valence-electron chi connectivity index (χ3n) is 2.86. The highest BCUT2D eigenvalue weighted by molar-refractivity contribution is 9.11. The second-order valence-corrected chi connectivity index (χ2v) is 6.58. The van der Waals surface area contributed by atoms with Gasteiger partial charge in [0.1, 0.15) is 0 Å². The van der Waals surface area contributed by atoms with Crippen molar-refractivity contribution in [2.75, 3.05) is 19.6 Å². The van der Waals surface area contributed by atoms with Crippen LogP contribution in [0.15, 0.2) is 15.9 Å². The highest BCUT2D eigenvalue weighted by atomic mass is 79.9. The quantitative estimate of drug-likeness (QED) is 0.924. The second-order valence-electron chi connectivity index (χ2n) is 4.03. The number of rotatable bonds is 3. The minimum atomic E-state index is -0.0582. The van der Waals surface area contributed by atoms with Gasteiger partial charge in [-0.15, -0.1) is 11.3 Å². The Morgan fingerprint density at radius 1 is 1.40 bits per heavy atom. The molecule has 1 fully saturated rings. The summed E-state index contributed by atoms with van der Waals surface area (Å²) in [6.07, 6.45) is 2.95. The van der Waals surface area contributed by atoms with E-state index in [1.165, 1.54) is 8.66 Å². The van der Waals surface area contributed by atoms with E-state index in [4.69, 9.17) is 0 Å². The molecule has 15 heavy (non-hydrogen) atoms. The van der Waals surface area contributed by atoms with Crippen LogP contribution in [0.5, 0.6) is 0 Å². The van der Waals surface area contributed by atoms with Crippen LogP contribution in [0.1, 0.15) is 17.7 Å². The molecule has 1 aromatic heterocycles. The van der Waals surface area contributed by atoms with Crippen LogP contribution in [-0.4, -0.2) is 35.7 Å². The highest BCUT2D eigenvalue weighted by Crippen LogP contribution is 2.22. The third kappa shape index (κ3) is 3.55. The molecule has 1 aromatic rings. The summed E-state index contributed by atoms with van der Waals surface area (Å²) in [6, 6.07) is 4.30. The van der Waals surface area contributed by atoms with E-state index >= 15 is 0 Å². The first-order valence-electron chi connectivity index (χ1n) is 5.38. The van der Waals surface area contributed by atoms with Gasteiger partial charge in [0.2, 0.25) is 0 Å². The number of likely N-dealkylation sites (tertiary alicyclic amines) is 1. The van der Waals surface area contributed by atoms with Gasteiger partial charge in [0.15, 0.2) is 0 Å². The van der Waals surface area contributed by atoms with Crippen LogP contribution >= 0.6 is 27.3 Å². The first-order valence-corrected chi connectivity index (χ1v) is 6.99. The van der Waals surface area contributed by atoms with E-state index in [9.17, 15) is 5.11 Å². The number of halogens is 1. The third-order valence-corrected chi connectivity index (χ3v) is 4.54. The molecule has 0 amide bonds. The van der Waals surface area contributed by atoms with Crippen molar-refractivity contribution in [1.82, 2.24) is 4.90 Å². The fourth-order valence-electron chi connectivity index (χ4n) is 1.90. The smallest absolute Gasteiger partial charge is 0.0701 e. The molecule has 0 aromatic carbocycles. The van der Waals surface area contributed by atoms with Crippen LogP contribution in [0, 0.1) is 0 Å². The molecule has 4 heteroatoms. The van der Waals surface area contributed by atoms with E-state index in [-0.39, 0.29) is 6.10 Å². The lowest BCUT2D eigenvalue weighted by atomic mass is 10.1. The number of nitrogens with zero attached hydrogens (tertiary/aromatic N) is 1. The van der Waals surface area contributed by atoms with Crippen molar-refractivity contribution in [1.29, 1.82) is 0 Å². The van der Waals surface area contributed by atoms with Crippen LogP contribution in [0.4, 0.5) is 0 Å². The Morgan fingerprint density at radius 2 is 2.13 bits per heavy atom. The largest absolute Gasteiger partial charge is 0.393 e. The fourth-order valence-corrected chi connectivity index (χ4v) is 3.37. The molecule has 0 spiro atoms.